The molecule has 0 aliphatic carbocycles. The van der Waals surface area contributed by atoms with Crippen molar-refractivity contribution in [1.29, 1.82) is 0 Å². The third kappa shape index (κ3) is 4.22. The van der Waals surface area contributed by atoms with E-state index in [-0.39, 0.29) is 30.1 Å². The smallest absolute Gasteiger partial charge is 0.322 e. The largest absolute Gasteiger partial charge is 0.372 e. The van der Waals surface area contributed by atoms with Crippen LogP contribution in [-0.2, 0) is 4.74 Å². The number of morpholine rings is 1. The molecule has 1 aromatic heterocycles. The standard InChI is InChI=1S/C21H27FN4O3/c1-13-9-18(24-29-13)20-5-4-8-26(20)21(27)23-16-6-7-19(17(22)10-16)25-11-14(2)28-15(3)12-25/h6-7,9-10,14-15,20H,4-5,8,11-12H2,1-3H3,(H,23,27)/t14-,15-,20-/m0/s1. The maximum absolute atomic E-state index is 14.8. The van der Waals surface area contributed by atoms with Crippen LogP contribution in [0.25, 0.3) is 0 Å². The SMILES string of the molecule is Cc1cc([C@@H]2CCCN2C(=O)Nc2ccc(N3C[C@H](C)O[C@@H](C)C3)c(F)c2)no1. The van der Waals surface area contributed by atoms with Gasteiger partial charge in [-0.2, -0.15) is 0 Å². The van der Waals surface area contributed by atoms with Gasteiger partial charge in [0, 0.05) is 31.4 Å². The molecule has 2 fully saturated rings. The average molecular weight is 402 g/mol. The molecule has 7 nitrogen and oxygen atoms in total. The zero-order valence-corrected chi connectivity index (χ0v) is 17.0. The summed E-state index contributed by atoms with van der Waals surface area (Å²) in [7, 11) is 0. The van der Waals surface area contributed by atoms with Gasteiger partial charge in [-0.3, -0.25) is 0 Å². The van der Waals surface area contributed by atoms with Gasteiger partial charge in [-0.1, -0.05) is 5.16 Å². The summed E-state index contributed by atoms with van der Waals surface area (Å²) in [5.74, 6) is 0.367. The second-order valence-corrected chi connectivity index (χ2v) is 7.97. The van der Waals surface area contributed by atoms with Crippen molar-refractivity contribution in [3.05, 3.63) is 41.5 Å². The lowest BCUT2D eigenvalue weighted by Gasteiger charge is -2.37. The number of nitrogens with one attached hydrogen (secondary N) is 1. The van der Waals surface area contributed by atoms with Crippen LogP contribution >= 0.6 is 0 Å². The molecule has 0 unspecified atom stereocenters. The van der Waals surface area contributed by atoms with Crippen LogP contribution in [0.4, 0.5) is 20.6 Å². The highest BCUT2D eigenvalue weighted by atomic mass is 19.1. The van der Waals surface area contributed by atoms with Gasteiger partial charge in [0.25, 0.3) is 0 Å². The number of aryl methyl sites for hydroxylation is 1. The first-order valence-corrected chi connectivity index (χ1v) is 10.1. The molecule has 29 heavy (non-hydrogen) atoms. The number of amides is 2. The van der Waals surface area contributed by atoms with Crippen LogP contribution < -0.4 is 10.2 Å². The molecule has 3 atom stereocenters. The van der Waals surface area contributed by atoms with Crippen LogP contribution in [0.15, 0.2) is 28.8 Å². The van der Waals surface area contributed by atoms with Gasteiger partial charge in [-0.25, -0.2) is 9.18 Å². The van der Waals surface area contributed by atoms with Crippen molar-refractivity contribution in [3.8, 4) is 0 Å². The van der Waals surface area contributed by atoms with Crippen molar-refractivity contribution < 1.29 is 18.4 Å². The van der Waals surface area contributed by atoms with E-state index in [0.717, 1.165) is 24.3 Å². The van der Waals surface area contributed by atoms with E-state index in [2.05, 4.69) is 10.5 Å². The number of ether oxygens (including phenoxy) is 1. The van der Waals surface area contributed by atoms with Gasteiger partial charge in [0.15, 0.2) is 0 Å². The number of anilines is 2. The number of rotatable bonds is 3. The van der Waals surface area contributed by atoms with Crippen molar-refractivity contribution in [2.75, 3.05) is 29.9 Å². The monoisotopic (exact) mass is 402 g/mol. The summed E-state index contributed by atoms with van der Waals surface area (Å²) >= 11 is 0. The van der Waals surface area contributed by atoms with Crippen LogP contribution in [0.5, 0.6) is 0 Å². The lowest BCUT2D eigenvalue weighted by atomic mass is 10.1. The number of hydrogen-bond donors (Lipinski definition) is 1. The number of halogens is 1. The van der Waals surface area contributed by atoms with E-state index in [1.807, 2.05) is 31.7 Å². The molecule has 0 spiro atoms. The summed E-state index contributed by atoms with van der Waals surface area (Å²) in [4.78, 5) is 16.5. The molecule has 0 bridgehead atoms. The number of aromatic nitrogens is 1. The fourth-order valence-electron chi connectivity index (χ4n) is 4.27. The zero-order valence-electron chi connectivity index (χ0n) is 17.0. The van der Waals surface area contributed by atoms with E-state index in [1.165, 1.54) is 6.07 Å². The second kappa shape index (κ2) is 8.02. The van der Waals surface area contributed by atoms with Crippen molar-refractivity contribution >= 4 is 17.4 Å². The Bertz CT molecular complexity index is 877. The summed E-state index contributed by atoms with van der Waals surface area (Å²) in [5, 5.41) is 6.88. The van der Waals surface area contributed by atoms with Crippen LogP contribution in [-0.4, -0.2) is 47.9 Å². The summed E-state index contributed by atoms with van der Waals surface area (Å²) in [6.07, 6.45) is 1.82. The van der Waals surface area contributed by atoms with E-state index >= 15 is 0 Å². The molecule has 4 rings (SSSR count). The van der Waals surface area contributed by atoms with Crippen molar-refractivity contribution in [3.63, 3.8) is 0 Å². The summed E-state index contributed by atoms with van der Waals surface area (Å²) in [5.41, 5.74) is 1.72. The maximum atomic E-state index is 14.8. The minimum Gasteiger partial charge on any atom is -0.372 e. The summed E-state index contributed by atoms with van der Waals surface area (Å²) < 4.78 is 25.7. The third-order valence-electron chi connectivity index (χ3n) is 5.46. The Kier molecular flexibility index (Phi) is 5.45. The second-order valence-electron chi connectivity index (χ2n) is 7.97. The lowest BCUT2D eigenvalue weighted by molar-refractivity contribution is -0.00539. The van der Waals surface area contributed by atoms with Gasteiger partial charge in [0.2, 0.25) is 0 Å². The lowest BCUT2D eigenvalue weighted by Crippen LogP contribution is -2.45. The van der Waals surface area contributed by atoms with Crippen LogP contribution in [0.2, 0.25) is 0 Å². The average Bonchev–Trinajstić information content (AvgIpc) is 3.29. The topological polar surface area (TPSA) is 70.8 Å². The number of benzene rings is 1. The number of likely N-dealkylation sites (tertiary alicyclic amines) is 1. The minimum absolute atomic E-state index is 0.0461. The first-order chi connectivity index (χ1) is 13.9. The van der Waals surface area contributed by atoms with Crippen LogP contribution in [0, 0.1) is 12.7 Å². The molecule has 3 heterocycles. The van der Waals surface area contributed by atoms with Crippen LogP contribution in [0.1, 0.15) is 44.2 Å². The van der Waals surface area contributed by atoms with Gasteiger partial charge in [0.05, 0.1) is 23.9 Å². The predicted octanol–water partition coefficient (Wildman–Crippen LogP) is 4.10. The Balaban J connectivity index is 1.45. The van der Waals surface area contributed by atoms with Crippen LogP contribution in [0.3, 0.4) is 0 Å². The third-order valence-corrected chi connectivity index (χ3v) is 5.46. The summed E-state index contributed by atoms with van der Waals surface area (Å²) in [6.45, 7) is 7.71. The van der Waals surface area contributed by atoms with Crippen molar-refractivity contribution in [2.24, 2.45) is 0 Å². The quantitative estimate of drug-likeness (QED) is 0.837. The zero-order chi connectivity index (χ0) is 20.5. The fraction of sp³-hybridized carbons (Fsp3) is 0.524. The molecule has 1 N–H and O–H groups in total. The molecule has 0 radical (unpaired) electrons. The Labute approximate surface area is 169 Å². The Morgan fingerprint density at radius 1 is 1.24 bits per heavy atom. The van der Waals surface area contributed by atoms with Crippen molar-refractivity contribution in [1.82, 2.24) is 10.1 Å². The molecule has 2 aromatic rings. The number of hydrogen-bond acceptors (Lipinski definition) is 5. The highest BCUT2D eigenvalue weighted by molar-refractivity contribution is 5.90. The van der Waals surface area contributed by atoms with Gasteiger partial charge in [0.1, 0.15) is 17.3 Å². The predicted molar refractivity (Wildman–Crippen MR) is 108 cm³/mol. The molecular formula is C21H27FN4O3. The molecule has 2 aliphatic rings. The fourth-order valence-corrected chi connectivity index (χ4v) is 4.27. The first-order valence-electron chi connectivity index (χ1n) is 10.1. The first kappa shape index (κ1) is 19.7. The molecule has 2 saturated heterocycles. The van der Waals surface area contributed by atoms with E-state index < -0.39 is 0 Å². The van der Waals surface area contributed by atoms with E-state index in [9.17, 15) is 9.18 Å². The van der Waals surface area contributed by atoms with Gasteiger partial charge >= 0.3 is 6.03 Å². The van der Waals surface area contributed by atoms with E-state index in [1.54, 1.807) is 17.0 Å². The highest BCUT2D eigenvalue weighted by Crippen LogP contribution is 2.32. The molecule has 0 saturated carbocycles. The molecule has 2 aliphatic heterocycles. The highest BCUT2D eigenvalue weighted by Gasteiger charge is 2.32. The summed E-state index contributed by atoms with van der Waals surface area (Å²) in [6, 6.07) is 6.32. The van der Waals surface area contributed by atoms with Crippen molar-refractivity contribution in [2.45, 2.75) is 51.9 Å². The van der Waals surface area contributed by atoms with E-state index in [4.69, 9.17) is 9.26 Å². The molecule has 2 amide bonds. The maximum Gasteiger partial charge on any atom is 0.322 e. The molecule has 156 valence electrons. The minimum atomic E-state index is -0.353. The number of nitrogens with zero attached hydrogens (tertiary/aromatic N) is 3. The number of urea groups is 1. The molecule has 1 aromatic carbocycles. The number of carbonyl (C=O) groups is 1. The Hall–Kier alpha value is -2.61. The molecule has 8 heteroatoms. The molecular weight excluding hydrogens is 375 g/mol. The van der Waals surface area contributed by atoms with Gasteiger partial charge < -0.3 is 24.4 Å². The number of carbonyl (C=O) groups excluding carboxylic acids is 1. The van der Waals surface area contributed by atoms with Gasteiger partial charge in [-0.05, 0) is 51.8 Å². The Morgan fingerprint density at radius 3 is 2.66 bits per heavy atom. The van der Waals surface area contributed by atoms with E-state index in [0.29, 0.717) is 31.0 Å². The Morgan fingerprint density at radius 2 is 2.00 bits per heavy atom. The van der Waals surface area contributed by atoms with Gasteiger partial charge in [-0.15, -0.1) is 0 Å². The normalized spacial score (nSPS) is 24.8.